The summed E-state index contributed by atoms with van der Waals surface area (Å²) >= 11 is 1.68. The van der Waals surface area contributed by atoms with Gasteiger partial charge in [-0.1, -0.05) is 13.8 Å². The summed E-state index contributed by atoms with van der Waals surface area (Å²) in [6.45, 7) is 3.92. The smallest absolute Gasteiger partial charge is 0.164 e. The van der Waals surface area contributed by atoms with E-state index in [0.717, 1.165) is 16.8 Å². The summed E-state index contributed by atoms with van der Waals surface area (Å²) in [4.78, 5) is 8.64. The van der Waals surface area contributed by atoms with Gasteiger partial charge in [0.15, 0.2) is 6.23 Å². The minimum absolute atomic E-state index is 0.349. The first-order chi connectivity index (χ1) is 11.1. The number of aliphatic hydroxyl groups is 3. The Morgan fingerprint density at radius 2 is 2.13 bits per heavy atom. The van der Waals surface area contributed by atoms with Crippen molar-refractivity contribution in [2.24, 2.45) is 0 Å². The Morgan fingerprint density at radius 1 is 1.35 bits per heavy atom. The number of aliphatic hydroxyl groups excluding tert-OH is 3. The minimum atomic E-state index is -1.13. The van der Waals surface area contributed by atoms with Crippen LogP contribution in [-0.2, 0) is 4.74 Å². The van der Waals surface area contributed by atoms with Crippen molar-refractivity contribution in [2.75, 3.05) is 6.61 Å². The van der Waals surface area contributed by atoms with E-state index in [1.165, 1.54) is 6.33 Å². The summed E-state index contributed by atoms with van der Waals surface area (Å²) in [5.74, 6) is 0. The largest absolute Gasteiger partial charge is 0.394 e. The highest BCUT2D eigenvalue weighted by Crippen LogP contribution is 2.34. The molecule has 126 valence electrons. The zero-order valence-corrected chi connectivity index (χ0v) is 13.8. The van der Waals surface area contributed by atoms with E-state index < -0.39 is 24.5 Å². The molecule has 8 heteroatoms. The van der Waals surface area contributed by atoms with Gasteiger partial charge in [0.2, 0.25) is 0 Å². The molecular weight excluding hydrogens is 318 g/mol. The van der Waals surface area contributed by atoms with Crippen LogP contribution in [0.5, 0.6) is 0 Å². The maximum Gasteiger partial charge on any atom is 0.164 e. The number of fused-ring (bicyclic) bond motifs is 1. The molecule has 1 fully saturated rings. The second kappa shape index (κ2) is 6.74. The van der Waals surface area contributed by atoms with Gasteiger partial charge in [-0.25, -0.2) is 9.97 Å². The number of rotatable bonds is 5. The van der Waals surface area contributed by atoms with Crippen LogP contribution in [0, 0.1) is 0 Å². The standard InChI is InChI=1S/C15H21N3O4S/c1-3-8(2)23-14-9-4-5-18(13(9)16-7-17-14)15-12(21)11(20)10(6-19)22-15/h4-5,7-8,10-12,15,19-21H,3,6H2,1-2H3/t8?,10-,11-,12-,15-/m1/s1. The van der Waals surface area contributed by atoms with Crippen molar-refractivity contribution in [3.8, 4) is 0 Å². The molecule has 1 unspecified atom stereocenters. The van der Waals surface area contributed by atoms with Gasteiger partial charge in [0, 0.05) is 11.4 Å². The molecule has 2 aromatic rings. The summed E-state index contributed by atoms with van der Waals surface area (Å²) in [5.41, 5.74) is 0.639. The van der Waals surface area contributed by atoms with Crippen LogP contribution < -0.4 is 0 Å². The highest BCUT2D eigenvalue weighted by Gasteiger charge is 2.43. The molecule has 1 aliphatic rings. The van der Waals surface area contributed by atoms with Gasteiger partial charge in [-0.3, -0.25) is 0 Å². The Kier molecular flexibility index (Phi) is 4.88. The third kappa shape index (κ3) is 2.97. The van der Waals surface area contributed by atoms with E-state index in [1.807, 2.05) is 6.07 Å². The van der Waals surface area contributed by atoms with Crippen molar-refractivity contribution in [1.82, 2.24) is 14.5 Å². The lowest BCUT2D eigenvalue weighted by Gasteiger charge is -2.17. The summed E-state index contributed by atoms with van der Waals surface area (Å²) in [6.07, 6.45) is 0.456. The van der Waals surface area contributed by atoms with Crippen LogP contribution in [0.4, 0.5) is 0 Å². The zero-order chi connectivity index (χ0) is 16.6. The minimum Gasteiger partial charge on any atom is -0.394 e. The molecule has 0 spiro atoms. The monoisotopic (exact) mass is 339 g/mol. The van der Waals surface area contributed by atoms with Crippen LogP contribution in [0.3, 0.4) is 0 Å². The van der Waals surface area contributed by atoms with Crippen LogP contribution in [-0.4, -0.2) is 60.0 Å². The fraction of sp³-hybridized carbons (Fsp3) is 0.600. The third-order valence-electron chi connectivity index (χ3n) is 4.15. The predicted octanol–water partition coefficient (Wildman–Crippen LogP) is 0.933. The topological polar surface area (TPSA) is 101 Å². The van der Waals surface area contributed by atoms with Crippen LogP contribution in [0.25, 0.3) is 11.0 Å². The summed E-state index contributed by atoms with van der Waals surface area (Å²) in [7, 11) is 0. The lowest BCUT2D eigenvalue weighted by atomic mass is 10.1. The van der Waals surface area contributed by atoms with E-state index in [0.29, 0.717) is 10.9 Å². The Morgan fingerprint density at radius 3 is 2.78 bits per heavy atom. The Balaban J connectivity index is 1.96. The predicted molar refractivity (Wildman–Crippen MR) is 86.1 cm³/mol. The Labute approximate surface area is 138 Å². The Bertz CT molecular complexity index is 680. The van der Waals surface area contributed by atoms with Gasteiger partial charge in [-0.15, -0.1) is 11.8 Å². The summed E-state index contributed by atoms with van der Waals surface area (Å²) < 4.78 is 7.26. The molecule has 0 radical (unpaired) electrons. The average molecular weight is 339 g/mol. The van der Waals surface area contributed by atoms with Crippen LogP contribution in [0.2, 0.25) is 0 Å². The lowest BCUT2D eigenvalue weighted by molar-refractivity contribution is -0.0508. The first-order valence-corrected chi connectivity index (χ1v) is 8.55. The molecule has 1 aliphatic heterocycles. The van der Waals surface area contributed by atoms with Gasteiger partial charge in [0.1, 0.15) is 35.3 Å². The van der Waals surface area contributed by atoms with Gasteiger partial charge in [-0.2, -0.15) is 0 Å². The molecule has 1 saturated heterocycles. The van der Waals surface area contributed by atoms with Crippen molar-refractivity contribution in [2.45, 2.75) is 55.1 Å². The maximum absolute atomic E-state index is 10.2. The number of nitrogens with zero attached hydrogens (tertiary/aromatic N) is 3. The van der Waals surface area contributed by atoms with Gasteiger partial charge in [0.05, 0.1) is 12.0 Å². The fourth-order valence-electron chi connectivity index (χ4n) is 2.63. The van der Waals surface area contributed by atoms with Crippen LogP contribution in [0.1, 0.15) is 26.5 Å². The first-order valence-electron chi connectivity index (χ1n) is 7.67. The molecule has 0 aromatic carbocycles. The Hall–Kier alpha value is -1.19. The highest BCUT2D eigenvalue weighted by atomic mass is 32.2. The first kappa shape index (κ1) is 16.7. The van der Waals surface area contributed by atoms with Gasteiger partial charge < -0.3 is 24.6 Å². The molecule has 0 aliphatic carbocycles. The normalized spacial score (nSPS) is 29.3. The second-order valence-corrected chi connectivity index (χ2v) is 7.13. The number of hydrogen-bond donors (Lipinski definition) is 3. The lowest BCUT2D eigenvalue weighted by Crippen LogP contribution is -2.33. The zero-order valence-electron chi connectivity index (χ0n) is 13.0. The molecule has 0 amide bonds. The van der Waals surface area contributed by atoms with Crippen molar-refractivity contribution >= 4 is 22.8 Å². The van der Waals surface area contributed by atoms with Gasteiger partial charge in [-0.05, 0) is 12.5 Å². The molecule has 23 heavy (non-hydrogen) atoms. The van der Waals surface area contributed by atoms with Crippen molar-refractivity contribution in [3.05, 3.63) is 18.6 Å². The number of thioether (sulfide) groups is 1. The SMILES string of the molecule is CCC(C)Sc1ncnc2c1ccn2[C@@H]1O[C@H](CO)[C@@H](O)[C@H]1O. The van der Waals surface area contributed by atoms with E-state index >= 15 is 0 Å². The van der Waals surface area contributed by atoms with E-state index in [9.17, 15) is 15.3 Å². The second-order valence-electron chi connectivity index (χ2n) is 5.70. The van der Waals surface area contributed by atoms with E-state index in [-0.39, 0.29) is 6.61 Å². The van der Waals surface area contributed by atoms with Crippen molar-refractivity contribution in [1.29, 1.82) is 0 Å². The van der Waals surface area contributed by atoms with Crippen LogP contribution >= 0.6 is 11.8 Å². The third-order valence-corrected chi connectivity index (χ3v) is 5.44. The molecule has 3 N–H and O–H groups in total. The molecule has 0 saturated carbocycles. The number of ether oxygens (including phenoxy) is 1. The molecule has 3 heterocycles. The highest BCUT2D eigenvalue weighted by molar-refractivity contribution is 8.00. The molecular formula is C15H21N3O4S. The molecule has 5 atom stereocenters. The number of aromatic nitrogens is 3. The van der Waals surface area contributed by atoms with Crippen molar-refractivity contribution < 1.29 is 20.1 Å². The van der Waals surface area contributed by atoms with Gasteiger partial charge in [0.25, 0.3) is 0 Å². The van der Waals surface area contributed by atoms with Crippen molar-refractivity contribution in [3.63, 3.8) is 0 Å². The quantitative estimate of drug-likeness (QED) is 0.550. The maximum atomic E-state index is 10.2. The molecule has 2 aromatic heterocycles. The average Bonchev–Trinajstić information content (AvgIpc) is 3.10. The van der Waals surface area contributed by atoms with E-state index in [2.05, 4.69) is 23.8 Å². The number of hydrogen-bond acceptors (Lipinski definition) is 7. The van der Waals surface area contributed by atoms with E-state index in [4.69, 9.17) is 4.74 Å². The molecule has 7 nitrogen and oxygen atoms in total. The molecule has 0 bridgehead atoms. The van der Waals surface area contributed by atoms with Gasteiger partial charge >= 0.3 is 0 Å². The summed E-state index contributed by atoms with van der Waals surface area (Å²) in [6, 6.07) is 1.88. The summed E-state index contributed by atoms with van der Waals surface area (Å²) in [5, 5.41) is 31.5. The fourth-order valence-corrected chi connectivity index (χ4v) is 3.57. The van der Waals surface area contributed by atoms with Crippen LogP contribution in [0.15, 0.2) is 23.6 Å². The van der Waals surface area contributed by atoms with E-state index in [1.54, 1.807) is 22.5 Å². The molecule has 3 rings (SSSR count).